The molecule has 2 saturated carbocycles. The van der Waals surface area contributed by atoms with Crippen LogP contribution < -0.4 is 0 Å². The van der Waals surface area contributed by atoms with Gasteiger partial charge in [0.05, 0.1) is 0 Å². The summed E-state index contributed by atoms with van der Waals surface area (Å²) in [5, 5.41) is 0. The van der Waals surface area contributed by atoms with E-state index in [1.807, 2.05) is 13.8 Å². The molecule has 5 atom stereocenters. The van der Waals surface area contributed by atoms with E-state index in [-0.39, 0.29) is 0 Å². The summed E-state index contributed by atoms with van der Waals surface area (Å²) < 4.78 is 0. The molecular formula is C17H34. The minimum atomic E-state index is 1.02. The molecule has 0 N–H and O–H groups in total. The fourth-order valence-corrected chi connectivity index (χ4v) is 4.80. The summed E-state index contributed by atoms with van der Waals surface area (Å²) in [7, 11) is 0. The zero-order chi connectivity index (χ0) is 12.8. The number of fused-ring (bicyclic) bond motifs is 1. The predicted octanol–water partition coefficient (Wildman–Crippen LogP) is 5.91. The zero-order valence-corrected chi connectivity index (χ0v) is 12.8. The van der Waals surface area contributed by atoms with Crippen LogP contribution in [0.5, 0.6) is 0 Å². The van der Waals surface area contributed by atoms with Crippen LogP contribution in [0.4, 0.5) is 0 Å². The summed E-state index contributed by atoms with van der Waals surface area (Å²) in [4.78, 5) is 0. The Hall–Kier alpha value is 0. The molecule has 0 spiro atoms. The van der Waals surface area contributed by atoms with Crippen molar-refractivity contribution in [2.45, 2.75) is 79.6 Å². The van der Waals surface area contributed by atoms with Crippen LogP contribution in [0.2, 0.25) is 0 Å². The van der Waals surface area contributed by atoms with Crippen molar-refractivity contribution in [2.75, 3.05) is 0 Å². The largest absolute Gasteiger partial charge is 0.0683 e. The highest BCUT2D eigenvalue weighted by Gasteiger charge is 2.44. The van der Waals surface area contributed by atoms with Gasteiger partial charge in [-0.25, -0.2) is 0 Å². The second kappa shape index (κ2) is 7.44. The maximum absolute atomic E-state index is 2.51. The molecule has 0 aromatic carbocycles. The predicted molar refractivity (Wildman–Crippen MR) is 78.1 cm³/mol. The van der Waals surface area contributed by atoms with Crippen LogP contribution in [-0.2, 0) is 0 Å². The van der Waals surface area contributed by atoms with Crippen molar-refractivity contribution in [3.63, 3.8) is 0 Å². The van der Waals surface area contributed by atoms with Crippen molar-refractivity contribution in [3.05, 3.63) is 0 Å². The molecule has 0 radical (unpaired) electrons. The third-order valence-electron chi connectivity index (χ3n) is 5.27. The Labute approximate surface area is 110 Å². The molecular weight excluding hydrogens is 204 g/mol. The summed E-state index contributed by atoms with van der Waals surface area (Å²) in [6.45, 7) is 11.3. The molecule has 0 aliphatic heterocycles. The summed E-state index contributed by atoms with van der Waals surface area (Å²) in [5.41, 5.74) is 0. The van der Waals surface area contributed by atoms with Crippen LogP contribution in [0.25, 0.3) is 0 Å². The van der Waals surface area contributed by atoms with Gasteiger partial charge in [0.15, 0.2) is 0 Å². The number of hydrogen-bond acceptors (Lipinski definition) is 0. The Morgan fingerprint density at radius 1 is 1.06 bits per heavy atom. The van der Waals surface area contributed by atoms with Gasteiger partial charge in [-0.15, -0.1) is 0 Å². The highest BCUT2D eigenvalue weighted by molar-refractivity contribution is 4.94. The van der Waals surface area contributed by atoms with Gasteiger partial charge in [0.1, 0.15) is 0 Å². The standard InChI is InChI=1S/C15H28.C2H6/c1-4-7-12-8-6-9-13-10-11(3)14(5-2)15(12)13;1-2/h11-15H,4-10H2,1-3H3;1-2H3. The van der Waals surface area contributed by atoms with Crippen LogP contribution >= 0.6 is 0 Å². The van der Waals surface area contributed by atoms with E-state index in [1.54, 1.807) is 12.8 Å². The maximum atomic E-state index is 2.51. The van der Waals surface area contributed by atoms with Crippen LogP contribution in [0.1, 0.15) is 79.6 Å². The lowest BCUT2D eigenvalue weighted by molar-refractivity contribution is 0.125. The molecule has 5 unspecified atom stereocenters. The van der Waals surface area contributed by atoms with Crippen molar-refractivity contribution < 1.29 is 0 Å². The molecule has 102 valence electrons. The molecule has 2 fully saturated rings. The zero-order valence-electron chi connectivity index (χ0n) is 12.8. The topological polar surface area (TPSA) is 0 Å². The first-order valence-electron chi connectivity index (χ1n) is 8.27. The minimum absolute atomic E-state index is 1.02. The van der Waals surface area contributed by atoms with Crippen molar-refractivity contribution in [3.8, 4) is 0 Å². The molecule has 0 heteroatoms. The first kappa shape index (κ1) is 15.1. The fraction of sp³-hybridized carbons (Fsp3) is 1.00. The molecule has 0 heterocycles. The van der Waals surface area contributed by atoms with Gasteiger partial charge in [-0.1, -0.05) is 73.1 Å². The highest BCUT2D eigenvalue weighted by atomic mass is 14.5. The van der Waals surface area contributed by atoms with Gasteiger partial charge in [-0.3, -0.25) is 0 Å². The van der Waals surface area contributed by atoms with E-state index in [0.29, 0.717) is 0 Å². The summed E-state index contributed by atoms with van der Waals surface area (Å²) in [5.74, 6) is 5.38. The van der Waals surface area contributed by atoms with Crippen LogP contribution in [-0.4, -0.2) is 0 Å². The Morgan fingerprint density at radius 2 is 1.76 bits per heavy atom. The van der Waals surface area contributed by atoms with E-state index in [0.717, 1.165) is 29.6 Å². The van der Waals surface area contributed by atoms with E-state index in [9.17, 15) is 0 Å². The average molecular weight is 238 g/mol. The van der Waals surface area contributed by atoms with Gasteiger partial charge in [-0.2, -0.15) is 0 Å². The van der Waals surface area contributed by atoms with E-state index in [1.165, 1.54) is 32.1 Å². The maximum Gasteiger partial charge on any atom is -0.0326 e. The third-order valence-corrected chi connectivity index (χ3v) is 5.27. The summed E-state index contributed by atoms with van der Waals surface area (Å²) in [6, 6.07) is 0. The molecule has 2 rings (SSSR count). The number of hydrogen-bond donors (Lipinski definition) is 0. The smallest absolute Gasteiger partial charge is 0.0326 e. The second-order valence-corrected chi connectivity index (χ2v) is 6.10. The first-order valence-corrected chi connectivity index (χ1v) is 8.27. The lowest BCUT2D eigenvalue weighted by atomic mass is 9.68. The van der Waals surface area contributed by atoms with Gasteiger partial charge in [0.2, 0.25) is 0 Å². The third kappa shape index (κ3) is 3.26. The normalized spacial score (nSPS) is 40.4. The van der Waals surface area contributed by atoms with E-state index >= 15 is 0 Å². The summed E-state index contributed by atoms with van der Waals surface area (Å²) >= 11 is 0. The van der Waals surface area contributed by atoms with Crippen molar-refractivity contribution in [1.29, 1.82) is 0 Å². The molecule has 2 aliphatic rings. The fourth-order valence-electron chi connectivity index (χ4n) is 4.80. The molecule has 0 nitrogen and oxygen atoms in total. The van der Waals surface area contributed by atoms with Gasteiger partial charge in [-0.05, 0) is 36.0 Å². The van der Waals surface area contributed by atoms with Crippen LogP contribution in [0.3, 0.4) is 0 Å². The molecule has 0 saturated heterocycles. The Kier molecular flexibility index (Phi) is 6.59. The average Bonchev–Trinajstić information content (AvgIpc) is 2.68. The monoisotopic (exact) mass is 238 g/mol. The number of rotatable bonds is 3. The Balaban J connectivity index is 0.000000686. The lowest BCUT2D eigenvalue weighted by Gasteiger charge is -2.37. The van der Waals surface area contributed by atoms with Crippen LogP contribution in [0.15, 0.2) is 0 Å². The van der Waals surface area contributed by atoms with Gasteiger partial charge in [0.25, 0.3) is 0 Å². The van der Waals surface area contributed by atoms with E-state index in [2.05, 4.69) is 20.8 Å². The summed E-state index contributed by atoms with van der Waals surface area (Å²) in [6.07, 6.45) is 10.5. The van der Waals surface area contributed by atoms with Gasteiger partial charge < -0.3 is 0 Å². The minimum Gasteiger partial charge on any atom is -0.0683 e. The molecule has 17 heavy (non-hydrogen) atoms. The van der Waals surface area contributed by atoms with Gasteiger partial charge in [0, 0.05) is 0 Å². The quantitative estimate of drug-likeness (QED) is 0.573. The van der Waals surface area contributed by atoms with Gasteiger partial charge >= 0.3 is 0 Å². The van der Waals surface area contributed by atoms with Crippen molar-refractivity contribution >= 4 is 0 Å². The molecule has 0 aromatic heterocycles. The Bertz CT molecular complexity index is 194. The van der Waals surface area contributed by atoms with Crippen molar-refractivity contribution in [2.24, 2.45) is 29.6 Å². The van der Waals surface area contributed by atoms with E-state index < -0.39 is 0 Å². The van der Waals surface area contributed by atoms with E-state index in [4.69, 9.17) is 0 Å². The Morgan fingerprint density at radius 3 is 2.35 bits per heavy atom. The molecule has 2 aliphatic carbocycles. The van der Waals surface area contributed by atoms with Crippen LogP contribution in [0, 0.1) is 29.6 Å². The second-order valence-electron chi connectivity index (χ2n) is 6.10. The molecule has 0 aromatic rings. The first-order chi connectivity index (χ1) is 8.27. The molecule has 0 bridgehead atoms. The SMILES string of the molecule is CC.CCCC1CCCC2CC(C)C(CC)C12. The lowest BCUT2D eigenvalue weighted by Crippen LogP contribution is -2.29. The van der Waals surface area contributed by atoms with Crippen molar-refractivity contribution in [1.82, 2.24) is 0 Å². The molecule has 0 amide bonds. The highest BCUT2D eigenvalue weighted by Crippen LogP contribution is 2.53.